The summed E-state index contributed by atoms with van der Waals surface area (Å²) in [6.07, 6.45) is 3.41. The third kappa shape index (κ3) is 3.72. The summed E-state index contributed by atoms with van der Waals surface area (Å²) in [5, 5.41) is 7.05. The summed E-state index contributed by atoms with van der Waals surface area (Å²) in [7, 11) is 1.93. The second-order valence-corrected chi connectivity index (χ2v) is 3.15. The van der Waals surface area contributed by atoms with Crippen molar-refractivity contribution in [1.29, 1.82) is 0 Å². The molecule has 13 heavy (non-hydrogen) atoms. The fraction of sp³-hybridized carbons (Fsp3) is 0.444. The third-order valence-corrected chi connectivity index (χ3v) is 2.06. The predicted octanol–water partition coefficient (Wildman–Crippen LogP) is 1.04. The van der Waals surface area contributed by atoms with Gasteiger partial charge in [0.25, 0.3) is 0 Å². The Hall–Kier alpha value is -0.640. The van der Waals surface area contributed by atoms with Crippen LogP contribution in [0.1, 0.15) is 5.56 Å². The van der Waals surface area contributed by atoms with Gasteiger partial charge in [-0.25, -0.2) is 0 Å². The van der Waals surface area contributed by atoms with Gasteiger partial charge in [0.05, 0.1) is 5.02 Å². The molecule has 1 aromatic rings. The Morgan fingerprint density at radius 1 is 1.46 bits per heavy atom. The summed E-state index contributed by atoms with van der Waals surface area (Å²) < 4.78 is 0. The number of pyridine rings is 1. The largest absolute Gasteiger partial charge is 0.318 e. The van der Waals surface area contributed by atoms with E-state index in [4.69, 9.17) is 11.6 Å². The highest BCUT2D eigenvalue weighted by molar-refractivity contribution is 6.31. The minimum Gasteiger partial charge on any atom is -0.318 e. The van der Waals surface area contributed by atoms with Gasteiger partial charge in [0.1, 0.15) is 0 Å². The molecule has 2 N–H and O–H groups in total. The number of likely N-dealkylation sites (N-methyl/N-ethyl adjacent to an activating group) is 1. The van der Waals surface area contributed by atoms with Crippen LogP contribution in [0.5, 0.6) is 0 Å². The number of rotatable bonds is 5. The molecule has 1 rings (SSSR count). The van der Waals surface area contributed by atoms with E-state index in [0.717, 1.165) is 30.2 Å². The van der Waals surface area contributed by atoms with Crippen LogP contribution in [0.4, 0.5) is 0 Å². The molecule has 0 bridgehead atoms. The zero-order valence-electron chi connectivity index (χ0n) is 7.68. The second-order valence-electron chi connectivity index (χ2n) is 2.75. The number of hydrogen-bond acceptors (Lipinski definition) is 3. The highest BCUT2D eigenvalue weighted by Crippen LogP contribution is 2.12. The lowest BCUT2D eigenvalue weighted by Crippen LogP contribution is -2.24. The van der Waals surface area contributed by atoms with E-state index in [1.807, 2.05) is 13.1 Å². The van der Waals surface area contributed by atoms with Gasteiger partial charge in [-0.1, -0.05) is 11.6 Å². The first-order chi connectivity index (χ1) is 6.34. The van der Waals surface area contributed by atoms with E-state index in [1.165, 1.54) is 0 Å². The van der Waals surface area contributed by atoms with Gasteiger partial charge in [-0.3, -0.25) is 4.98 Å². The minimum absolute atomic E-state index is 0.722. The van der Waals surface area contributed by atoms with E-state index < -0.39 is 0 Å². The Morgan fingerprint density at radius 2 is 2.31 bits per heavy atom. The molecule has 1 heterocycles. The Labute approximate surface area is 83.5 Å². The maximum atomic E-state index is 5.92. The van der Waals surface area contributed by atoms with Gasteiger partial charge in [-0.2, -0.15) is 0 Å². The van der Waals surface area contributed by atoms with Crippen LogP contribution in [-0.2, 0) is 6.54 Å². The fourth-order valence-electron chi connectivity index (χ4n) is 0.984. The van der Waals surface area contributed by atoms with Crippen LogP contribution >= 0.6 is 11.6 Å². The molecule has 0 radical (unpaired) electrons. The van der Waals surface area contributed by atoms with Crippen molar-refractivity contribution in [3.63, 3.8) is 0 Å². The van der Waals surface area contributed by atoms with Gasteiger partial charge in [0.15, 0.2) is 0 Å². The number of nitrogens with one attached hydrogen (secondary N) is 2. The third-order valence-electron chi connectivity index (χ3n) is 1.72. The molecule has 0 fully saturated rings. The maximum absolute atomic E-state index is 5.92. The first-order valence-electron chi connectivity index (χ1n) is 4.28. The first kappa shape index (κ1) is 10.4. The topological polar surface area (TPSA) is 37.0 Å². The second kappa shape index (κ2) is 5.91. The quantitative estimate of drug-likeness (QED) is 0.696. The first-order valence-corrected chi connectivity index (χ1v) is 4.66. The molecule has 3 nitrogen and oxygen atoms in total. The van der Waals surface area contributed by atoms with Crippen LogP contribution in [0.3, 0.4) is 0 Å². The zero-order chi connectivity index (χ0) is 9.52. The van der Waals surface area contributed by atoms with Crippen LogP contribution < -0.4 is 10.6 Å². The normalized spacial score (nSPS) is 10.3. The Morgan fingerprint density at radius 3 is 3.00 bits per heavy atom. The number of nitrogens with zero attached hydrogens (tertiary/aromatic N) is 1. The molecule has 0 aliphatic rings. The average Bonchev–Trinajstić information content (AvgIpc) is 2.15. The van der Waals surface area contributed by atoms with Gasteiger partial charge in [-0.15, -0.1) is 0 Å². The van der Waals surface area contributed by atoms with E-state index in [0.29, 0.717) is 0 Å². The average molecular weight is 200 g/mol. The molecule has 0 atom stereocenters. The lowest BCUT2D eigenvalue weighted by Gasteiger charge is -2.05. The molecule has 0 saturated heterocycles. The predicted molar refractivity (Wildman–Crippen MR) is 54.9 cm³/mol. The number of hydrogen-bond donors (Lipinski definition) is 2. The number of aromatic nitrogens is 1. The van der Waals surface area contributed by atoms with Crippen LogP contribution in [0.25, 0.3) is 0 Å². The van der Waals surface area contributed by atoms with Crippen LogP contribution in [0.15, 0.2) is 18.5 Å². The van der Waals surface area contributed by atoms with Crippen molar-refractivity contribution in [2.75, 3.05) is 20.1 Å². The van der Waals surface area contributed by atoms with Gasteiger partial charge in [-0.05, 0) is 18.7 Å². The van der Waals surface area contributed by atoms with Crippen molar-refractivity contribution < 1.29 is 0 Å². The van der Waals surface area contributed by atoms with E-state index in [-0.39, 0.29) is 0 Å². The summed E-state index contributed by atoms with van der Waals surface area (Å²) in [5.41, 5.74) is 1.09. The van der Waals surface area contributed by atoms with Crippen molar-refractivity contribution >= 4 is 11.6 Å². The lowest BCUT2D eigenvalue weighted by atomic mass is 10.3. The summed E-state index contributed by atoms with van der Waals surface area (Å²) in [4.78, 5) is 3.92. The summed E-state index contributed by atoms with van der Waals surface area (Å²) in [6, 6.07) is 1.93. The Bertz CT molecular complexity index is 252. The molecule has 0 amide bonds. The molecule has 0 aromatic carbocycles. The standard InChI is InChI=1S/C9H14ClN3/c1-11-4-5-13-6-8-2-3-12-7-9(8)10/h2-3,7,11,13H,4-6H2,1H3. The zero-order valence-corrected chi connectivity index (χ0v) is 8.43. The number of halogens is 1. The van der Waals surface area contributed by atoms with Gasteiger partial charge < -0.3 is 10.6 Å². The molecule has 0 unspecified atom stereocenters. The van der Waals surface area contributed by atoms with E-state index in [9.17, 15) is 0 Å². The van der Waals surface area contributed by atoms with Gasteiger partial charge >= 0.3 is 0 Å². The summed E-state index contributed by atoms with van der Waals surface area (Å²) >= 11 is 5.92. The van der Waals surface area contributed by atoms with Crippen LogP contribution in [0.2, 0.25) is 5.02 Å². The summed E-state index contributed by atoms with van der Waals surface area (Å²) in [5.74, 6) is 0. The smallest absolute Gasteiger partial charge is 0.0634 e. The van der Waals surface area contributed by atoms with E-state index >= 15 is 0 Å². The molecule has 72 valence electrons. The summed E-state index contributed by atoms with van der Waals surface area (Å²) in [6.45, 7) is 2.70. The Balaban J connectivity index is 2.32. The van der Waals surface area contributed by atoms with Crippen molar-refractivity contribution in [1.82, 2.24) is 15.6 Å². The fourth-order valence-corrected chi connectivity index (χ4v) is 1.17. The Kier molecular flexibility index (Phi) is 4.75. The van der Waals surface area contributed by atoms with Crippen molar-refractivity contribution in [3.8, 4) is 0 Å². The van der Waals surface area contributed by atoms with Crippen molar-refractivity contribution in [2.45, 2.75) is 6.54 Å². The molecule has 1 aromatic heterocycles. The molecule has 4 heteroatoms. The molecular weight excluding hydrogens is 186 g/mol. The van der Waals surface area contributed by atoms with Crippen LogP contribution in [-0.4, -0.2) is 25.1 Å². The lowest BCUT2D eigenvalue weighted by molar-refractivity contribution is 0.650. The van der Waals surface area contributed by atoms with Crippen molar-refractivity contribution in [2.24, 2.45) is 0 Å². The highest BCUT2D eigenvalue weighted by Gasteiger charge is 1.97. The van der Waals surface area contributed by atoms with Gasteiger partial charge in [0, 0.05) is 32.0 Å². The van der Waals surface area contributed by atoms with Gasteiger partial charge in [0.2, 0.25) is 0 Å². The minimum atomic E-state index is 0.722. The molecule has 0 spiro atoms. The molecule has 0 saturated carbocycles. The SMILES string of the molecule is CNCCNCc1ccncc1Cl. The highest BCUT2D eigenvalue weighted by atomic mass is 35.5. The molecule has 0 aliphatic carbocycles. The monoisotopic (exact) mass is 199 g/mol. The maximum Gasteiger partial charge on any atom is 0.0634 e. The molecule has 0 aliphatic heterocycles. The van der Waals surface area contributed by atoms with E-state index in [2.05, 4.69) is 15.6 Å². The molecular formula is C9H14ClN3. The van der Waals surface area contributed by atoms with Crippen molar-refractivity contribution in [3.05, 3.63) is 29.0 Å². The van der Waals surface area contributed by atoms with Crippen LogP contribution in [0, 0.1) is 0 Å². The van der Waals surface area contributed by atoms with E-state index in [1.54, 1.807) is 12.4 Å².